The van der Waals surface area contributed by atoms with E-state index in [4.69, 9.17) is 0 Å². The summed E-state index contributed by atoms with van der Waals surface area (Å²) in [5.41, 5.74) is 0. The van der Waals surface area contributed by atoms with Crippen LogP contribution >= 0.6 is 0 Å². The second kappa shape index (κ2) is 7.88. The molecule has 0 aromatic heterocycles. The predicted molar refractivity (Wildman–Crippen MR) is 79.1 cm³/mol. The lowest BCUT2D eigenvalue weighted by Gasteiger charge is -2.30. The molecule has 1 N–H and O–H groups in total. The minimum absolute atomic E-state index is 0.423. The lowest BCUT2D eigenvalue weighted by molar-refractivity contribution is -0.133. The average molecular weight is 266 g/mol. The lowest BCUT2D eigenvalue weighted by Crippen LogP contribution is -2.40. The van der Waals surface area contributed by atoms with Crippen molar-refractivity contribution in [3.8, 4) is 0 Å². The summed E-state index contributed by atoms with van der Waals surface area (Å²) in [6.45, 7) is 5.51. The van der Waals surface area contributed by atoms with Crippen molar-refractivity contribution in [2.75, 3.05) is 19.6 Å². The summed E-state index contributed by atoms with van der Waals surface area (Å²) in [6.07, 6.45) is 10.5. The molecular formula is C16H30N2O. The zero-order valence-electron chi connectivity index (χ0n) is 12.5. The number of piperidine rings is 1. The van der Waals surface area contributed by atoms with Gasteiger partial charge in [0.2, 0.25) is 5.91 Å². The van der Waals surface area contributed by atoms with Crippen LogP contribution in [0.4, 0.5) is 0 Å². The van der Waals surface area contributed by atoms with Crippen LogP contribution in [-0.2, 0) is 4.79 Å². The van der Waals surface area contributed by atoms with Crippen LogP contribution in [0.25, 0.3) is 0 Å². The molecule has 3 nitrogen and oxygen atoms in total. The molecule has 3 heteroatoms. The van der Waals surface area contributed by atoms with Crippen molar-refractivity contribution in [1.29, 1.82) is 0 Å². The van der Waals surface area contributed by atoms with Crippen LogP contribution in [0.3, 0.4) is 0 Å². The fourth-order valence-electron chi connectivity index (χ4n) is 3.57. The van der Waals surface area contributed by atoms with Gasteiger partial charge in [-0.3, -0.25) is 4.79 Å². The van der Waals surface area contributed by atoms with Crippen LogP contribution in [-0.4, -0.2) is 36.5 Å². The smallest absolute Gasteiger partial charge is 0.222 e. The number of hydrogen-bond acceptors (Lipinski definition) is 2. The van der Waals surface area contributed by atoms with Crippen molar-refractivity contribution in [2.24, 2.45) is 5.92 Å². The van der Waals surface area contributed by atoms with Gasteiger partial charge in [-0.2, -0.15) is 0 Å². The summed E-state index contributed by atoms with van der Waals surface area (Å²) in [4.78, 5) is 14.7. The monoisotopic (exact) mass is 266 g/mol. The second-order valence-corrected chi connectivity index (χ2v) is 6.23. The van der Waals surface area contributed by atoms with Crippen LogP contribution < -0.4 is 5.32 Å². The molecular weight excluding hydrogens is 236 g/mol. The summed E-state index contributed by atoms with van der Waals surface area (Å²) < 4.78 is 0. The number of hydrogen-bond donors (Lipinski definition) is 1. The van der Waals surface area contributed by atoms with Crippen molar-refractivity contribution in [3.05, 3.63) is 0 Å². The van der Waals surface area contributed by atoms with E-state index in [-0.39, 0.29) is 0 Å². The van der Waals surface area contributed by atoms with Crippen molar-refractivity contribution in [1.82, 2.24) is 10.2 Å². The number of likely N-dealkylation sites (tertiary alicyclic amines) is 1. The van der Waals surface area contributed by atoms with Gasteiger partial charge in [0.1, 0.15) is 0 Å². The van der Waals surface area contributed by atoms with Crippen LogP contribution in [0, 0.1) is 5.92 Å². The fourth-order valence-corrected chi connectivity index (χ4v) is 3.57. The molecule has 0 radical (unpaired) electrons. The number of amides is 1. The maximum absolute atomic E-state index is 12.5. The van der Waals surface area contributed by atoms with Crippen LogP contribution in [0.15, 0.2) is 0 Å². The molecule has 0 aliphatic carbocycles. The van der Waals surface area contributed by atoms with Crippen molar-refractivity contribution in [3.63, 3.8) is 0 Å². The highest BCUT2D eigenvalue weighted by Gasteiger charge is 2.24. The van der Waals surface area contributed by atoms with Gasteiger partial charge in [0.25, 0.3) is 0 Å². The van der Waals surface area contributed by atoms with Crippen molar-refractivity contribution < 1.29 is 4.79 Å². The third kappa shape index (κ3) is 4.48. The normalized spacial score (nSPS) is 26.2. The van der Waals surface area contributed by atoms with E-state index in [0.29, 0.717) is 11.9 Å². The largest absolute Gasteiger partial charge is 0.340 e. The molecule has 0 aromatic rings. The summed E-state index contributed by atoms with van der Waals surface area (Å²) in [6, 6.07) is 0.517. The van der Waals surface area contributed by atoms with Gasteiger partial charge in [0.05, 0.1) is 0 Å². The minimum Gasteiger partial charge on any atom is -0.340 e. The number of carbonyl (C=O) groups is 1. The first-order chi connectivity index (χ1) is 9.31. The molecule has 2 fully saturated rings. The lowest BCUT2D eigenvalue weighted by atomic mass is 9.93. The Morgan fingerprint density at radius 2 is 1.95 bits per heavy atom. The Balaban J connectivity index is 1.79. The highest BCUT2D eigenvalue weighted by molar-refractivity contribution is 5.76. The predicted octanol–water partition coefficient (Wildman–Crippen LogP) is 2.95. The molecule has 110 valence electrons. The SMILES string of the molecule is CCC1CCCCCN1C(=O)CCC1CCNCC1. The minimum atomic E-state index is 0.423. The quantitative estimate of drug-likeness (QED) is 0.848. The van der Waals surface area contributed by atoms with Gasteiger partial charge in [-0.15, -0.1) is 0 Å². The van der Waals surface area contributed by atoms with Gasteiger partial charge in [0.15, 0.2) is 0 Å². The molecule has 2 saturated heterocycles. The van der Waals surface area contributed by atoms with E-state index in [1.165, 1.54) is 38.5 Å². The molecule has 2 aliphatic rings. The Bertz CT molecular complexity index is 274. The summed E-state index contributed by atoms with van der Waals surface area (Å²) >= 11 is 0. The number of nitrogens with one attached hydrogen (secondary N) is 1. The van der Waals surface area contributed by atoms with Gasteiger partial charge >= 0.3 is 0 Å². The first kappa shape index (κ1) is 14.8. The molecule has 0 aromatic carbocycles. The first-order valence-corrected chi connectivity index (χ1v) is 8.31. The number of nitrogens with zero attached hydrogens (tertiary/aromatic N) is 1. The van der Waals surface area contributed by atoms with Gasteiger partial charge in [-0.05, 0) is 57.5 Å². The first-order valence-electron chi connectivity index (χ1n) is 8.31. The highest BCUT2D eigenvalue weighted by atomic mass is 16.2. The second-order valence-electron chi connectivity index (χ2n) is 6.23. The summed E-state index contributed by atoms with van der Waals surface area (Å²) in [5, 5.41) is 3.39. The van der Waals surface area contributed by atoms with Crippen molar-refractivity contribution >= 4 is 5.91 Å². The Morgan fingerprint density at radius 3 is 2.68 bits per heavy atom. The van der Waals surface area contributed by atoms with Gasteiger partial charge in [-0.1, -0.05) is 19.8 Å². The van der Waals surface area contributed by atoms with Gasteiger partial charge < -0.3 is 10.2 Å². The number of carbonyl (C=O) groups excluding carboxylic acids is 1. The molecule has 0 spiro atoms. The van der Waals surface area contributed by atoms with E-state index in [1.54, 1.807) is 0 Å². The van der Waals surface area contributed by atoms with E-state index in [1.807, 2.05) is 0 Å². The summed E-state index contributed by atoms with van der Waals surface area (Å²) in [7, 11) is 0. The van der Waals surface area contributed by atoms with Crippen LogP contribution in [0.5, 0.6) is 0 Å². The highest BCUT2D eigenvalue weighted by Crippen LogP contribution is 2.23. The van der Waals surface area contributed by atoms with Gasteiger partial charge in [-0.25, -0.2) is 0 Å². The Labute approximate surface area is 118 Å². The van der Waals surface area contributed by atoms with Crippen LogP contribution in [0.2, 0.25) is 0 Å². The molecule has 2 heterocycles. The molecule has 2 aliphatic heterocycles. The Morgan fingerprint density at radius 1 is 1.16 bits per heavy atom. The molecule has 1 amide bonds. The zero-order chi connectivity index (χ0) is 13.5. The fraction of sp³-hybridized carbons (Fsp3) is 0.938. The van der Waals surface area contributed by atoms with Crippen LogP contribution in [0.1, 0.15) is 64.7 Å². The number of rotatable bonds is 4. The molecule has 0 bridgehead atoms. The maximum atomic E-state index is 12.5. The van der Waals surface area contributed by atoms with Crippen molar-refractivity contribution in [2.45, 2.75) is 70.8 Å². The zero-order valence-corrected chi connectivity index (χ0v) is 12.5. The third-order valence-corrected chi connectivity index (χ3v) is 4.89. The van der Waals surface area contributed by atoms with E-state index in [9.17, 15) is 4.79 Å². The maximum Gasteiger partial charge on any atom is 0.222 e. The van der Waals surface area contributed by atoms with E-state index in [0.717, 1.165) is 44.8 Å². The average Bonchev–Trinajstić information content (AvgIpc) is 2.71. The standard InChI is InChI=1S/C16H30N2O/c1-2-15-6-4-3-5-13-18(15)16(19)8-7-14-9-11-17-12-10-14/h14-15,17H,2-13H2,1H3. The Kier molecular flexibility index (Phi) is 6.15. The summed E-state index contributed by atoms with van der Waals surface area (Å²) in [5.74, 6) is 1.20. The van der Waals surface area contributed by atoms with E-state index < -0.39 is 0 Å². The van der Waals surface area contributed by atoms with E-state index in [2.05, 4.69) is 17.1 Å². The van der Waals surface area contributed by atoms with Gasteiger partial charge in [0, 0.05) is 19.0 Å². The molecule has 1 unspecified atom stereocenters. The molecule has 0 saturated carbocycles. The topological polar surface area (TPSA) is 32.3 Å². The third-order valence-electron chi connectivity index (χ3n) is 4.89. The molecule has 1 atom stereocenters. The van der Waals surface area contributed by atoms with E-state index >= 15 is 0 Å². The molecule has 19 heavy (non-hydrogen) atoms. The Hall–Kier alpha value is -0.570. The molecule has 2 rings (SSSR count).